The van der Waals surface area contributed by atoms with Gasteiger partial charge in [0.15, 0.2) is 15.9 Å². The van der Waals surface area contributed by atoms with Crippen molar-refractivity contribution in [3.8, 4) is 0 Å². The molecule has 28 heavy (non-hydrogen) atoms. The molecule has 1 saturated carbocycles. The fourth-order valence-electron chi connectivity index (χ4n) is 4.19. The molecule has 3 aliphatic rings. The molecule has 0 unspecified atom stereocenters. The summed E-state index contributed by atoms with van der Waals surface area (Å²) in [5.74, 6) is -2.26. The number of nitrogens with zero attached hydrogens (tertiary/aromatic N) is 1. The molecule has 2 saturated heterocycles. The van der Waals surface area contributed by atoms with E-state index in [2.05, 4.69) is 5.32 Å². The highest BCUT2D eigenvalue weighted by Gasteiger charge is 2.47. The van der Waals surface area contributed by atoms with Crippen LogP contribution in [0.15, 0.2) is 0 Å². The molecule has 0 aromatic carbocycles. The summed E-state index contributed by atoms with van der Waals surface area (Å²) >= 11 is 0. The number of carbonyl (C=O) groups is 4. The van der Waals surface area contributed by atoms with Gasteiger partial charge < -0.3 is 10.1 Å². The lowest BCUT2D eigenvalue weighted by Crippen LogP contribution is -2.43. The molecular weight excluding hydrogens is 388 g/mol. The third-order valence-corrected chi connectivity index (χ3v) is 7.50. The monoisotopic (exact) mass is 414 g/mol. The molecule has 0 bridgehead atoms. The van der Waals surface area contributed by atoms with Crippen molar-refractivity contribution in [2.24, 2.45) is 11.8 Å². The summed E-state index contributed by atoms with van der Waals surface area (Å²) in [7, 11) is -3.12. The maximum atomic E-state index is 12.4. The van der Waals surface area contributed by atoms with E-state index in [-0.39, 0.29) is 48.1 Å². The van der Waals surface area contributed by atoms with Crippen LogP contribution in [0.3, 0.4) is 0 Å². The average molecular weight is 414 g/mol. The molecule has 0 radical (unpaired) electrons. The second-order valence-electron chi connectivity index (χ2n) is 7.82. The van der Waals surface area contributed by atoms with Gasteiger partial charge in [0.25, 0.3) is 5.91 Å². The number of amides is 3. The quantitative estimate of drug-likeness (QED) is 0.470. The molecular formula is C18H26N2O7S. The second-order valence-corrected chi connectivity index (χ2v) is 10.0. The smallest absolute Gasteiger partial charge is 0.308 e. The van der Waals surface area contributed by atoms with Crippen LogP contribution in [-0.2, 0) is 33.8 Å². The van der Waals surface area contributed by atoms with Crippen molar-refractivity contribution in [2.75, 3.05) is 18.1 Å². The Morgan fingerprint density at radius 3 is 2.29 bits per heavy atom. The number of sulfone groups is 1. The number of esters is 1. The van der Waals surface area contributed by atoms with Crippen LogP contribution in [0.1, 0.15) is 45.4 Å². The topological polar surface area (TPSA) is 127 Å². The Morgan fingerprint density at radius 2 is 1.75 bits per heavy atom. The molecule has 1 N–H and O–H groups in total. The Morgan fingerprint density at radius 1 is 1.14 bits per heavy atom. The standard InChI is InChI=1S/C18H26N2O7S/c1-11(16(22)19-12-7-9-28(25,26)10-12)27-15(21)6-8-20-17(23)13-4-2-3-5-14(13)18(20)24/h11-14H,2-10H2,1H3,(H,19,22)/t11-,12+,13-,14+/m0/s1. The molecule has 2 aliphatic heterocycles. The van der Waals surface area contributed by atoms with Gasteiger partial charge in [0.05, 0.1) is 29.8 Å². The van der Waals surface area contributed by atoms with Crippen LogP contribution in [0.5, 0.6) is 0 Å². The fourth-order valence-corrected chi connectivity index (χ4v) is 5.86. The minimum absolute atomic E-state index is 0.0337. The van der Waals surface area contributed by atoms with Gasteiger partial charge in [-0.25, -0.2) is 8.42 Å². The Labute approximate surface area is 164 Å². The zero-order valence-corrected chi connectivity index (χ0v) is 16.7. The van der Waals surface area contributed by atoms with Gasteiger partial charge in [-0.15, -0.1) is 0 Å². The molecule has 0 aromatic heterocycles. The normalized spacial score (nSPS) is 30.0. The second kappa shape index (κ2) is 8.18. The SMILES string of the molecule is C[C@H](OC(=O)CCN1C(=O)[C@H]2CCCC[C@H]2C1=O)C(=O)N[C@@H]1CCS(=O)(=O)C1. The molecule has 3 rings (SSSR count). The third kappa shape index (κ3) is 4.53. The van der Waals surface area contributed by atoms with Gasteiger partial charge in [0.2, 0.25) is 11.8 Å². The maximum absolute atomic E-state index is 12.4. The number of ether oxygens (including phenoxy) is 1. The zero-order chi connectivity index (χ0) is 20.5. The lowest BCUT2D eigenvalue weighted by Gasteiger charge is -2.19. The van der Waals surface area contributed by atoms with E-state index in [4.69, 9.17) is 4.74 Å². The number of hydrogen-bond donors (Lipinski definition) is 1. The van der Waals surface area contributed by atoms with E-state index in [0.29, 0.717) is 19.3 Å². The summed E-state index contributed by atoms with van der Waals surface area (Å²) in [6, 6.07) is -0.471. The Bertz CT molecular complexity index is 755. The van der Waals surface area contributed by atoms with Crippen molar-refractivity contribution in [1.82, 2.24) is 10.2 Å². The minimum Gasteiger partial charge on any atom is -0.452 e. The van der Waals surface area contributed by atoms with Crippen molar-refractivity contribution in [3.05, 3.63) is 0 Å². The van der Waals surface area contributed by atoms with Crippen LogP contribution in [-0.4, -0.2) is 67.2 Å². The van der Waals surface area contributed by atoms with Crippen LogP contribution in [0.2, 0.25) is 0 Å². The molecule has 10 heteroatoms. The first-order valence-electron chi connectivity index (χ1n) is 9.73. The van der Waals surface area contributed by atoms with Gasteiger partial charge >= 0.3 is 5.97 Å². The van der Waals surface area contributed by atoms with Crippen molar-refractivity contribution in [3.63, 3.8) is 0 Å². The molecule has 3 fully saturated rings. The lowest BCUT2D eigenvalue weighted by molar-refractivity contribution is -0.155. The van der Waals surface area contributed by atoms with Gasteiger partial charge in [-0.1, -0.05) is 12.8 Å². The first-order valence-corrected chi connectivity index (χ1v) is 11.6. The molecule has 4 atom stereocenters. The number of rotatable bonds is 6. The first kappa shape index (κ1) is 20.8. The van der Waals surface area contributed by atoms with E-state index in [1.54, 1.807) is 0 Å². The number of imide groups is 1. The van der Waals surface area contributed by atoms with Crippen molar-refractivity contribution in [1.29, 1.82) is 0 Å². The summed E-state index contributed by atoms with van der Waals surface area (Å²) in [5.41, 5.74) is 0. The highest BCUT2D eigenvalue weighted by atomic mass is 32.2. The van der Waals surface area contributed by atoms with Crippen molar-refractivity contribution >= 4 is 33.5 Å². The number of likely N-dealkylation sites (tertiary alicyclic amines) is 1. The Balaban J connectivity index is 1.44. The van der Waals surface area contributed by atoms with Gasteiger partial charge in [0.1, 0.15) is 0 Å². The maximum Gasteiger partial charge on any atom is 0.308 e. The molecule has 156 valence electrons. The number of carbonyl (C=O) groups excluding carboxylic acids is 4. The van der Waals surface area contributed by atoms with Crippen LogP contribution < -0.4 is 5.32 Å². The van der Waals surface area contributed by atoms with Crippen LogP contribution in [0, 0.1) is 11.8 Å². The average Bonchev–Trinajstić information content (AvgIpc) is 3.10. The fraction of sp³-hybridized carbons (Fsp3) is 0.778. The van der Waals surface area contributed by atoms with E-state index >= 15 is 0 Å². The minimum atomic E-state index is -3.12. The molecule has 0 spiro atoms. The molecule has 2 heterocycles. The Hall–Kier alpha value is -1.97. The van der Waals surface area contributed by atoms with Gasteiger partial charge in [-0.3, -0.25) is 24.1 Å². The van der Waals surface area contributed by atoms with Gasteiger partial charge in [0, 0.05) is 12.6 Å². The largest absolute Gasteiger partial charge is 0.452 e. The highest BCUT2D eigenvalue weighted by Crippen LogP contribution is 2.37. The van der Waals surface area contributed by atoms with E-state index in [1.807, 2.05) is 0 Å². The highest BCUT2D eigenvalue weighted by molar-refractivity contribution is 7.91. The summed E-state index contributed by atoms with van der Waals surface area (Å²) in [4.78, 5) is 50.0. The molecule has 0 aromatic rings. The number of hydrogen-bond acceptors (Lipinski definition) is 7. The van der Waals surface area contributed by atoms with E-state index in [1.165, 1.54) is 6.92 Å². The summed E-state index contributed by atoms with van der Waals surface area (Å²) < 4.78 is 27.9. The molecule has 1 aliphatic carbocycles. The van der Waals surface area contributed by atoms with Crippen molar-refractivity contribution in [2.45, 2.75) is 57.6 Å². The summed E-state index contributed by atoms with van der Waals surface area (Å²) in [5, 5.41) is 2.57. The van der Waals surface area contributed by atoms with E-state index < -0.39 is 33.9 Å². The lowest BCUT2D eigenvalue weighted by atomic mass is 9.81. The van der Waals surface area contributed by atoms with Crippen LogP contribution in [0.25, 0.3) is 0 Å². The summed E-state index contributed by atoms with van der Waals surface area (Å²) in [6.07, 6.45) is 2.39. The van der Waals surface area contributed by atoms with Crippen LogP contribution >= 0.6 is 0 Å². The van der Waals surface area contributed by atoms with Gasteiger partial charge in [-0.05, 0) is 26.2 Å². The van der Waals surface area contributed by atoms with Crippen molar-refractivity contribution < 1.29 is 32.3 Å². The number of fused-ring (bicyclic) bond motifs is 1. The van der Waals surface area contributed by atoms with Gasteiger partial charge in [-0.2, -0.15) is 0 Å². The molecule has 3 amide bonds. The summed E-state index contributed by atoms with van der Waals surface area (Å²) in [6.45, 7) is 1.36. The predicted molar refractivity (Wildman–Crippen MR) is 97.5 cm³/mol. The zero-order valence-electron chi connectivity index (χ0n) is 15.9. The van der Waals surface area contributed by atoms with E-state index in [0.717, 1.165) is 17.7 Å². The first-order chi connectivity index (χ1) is 13.2. The predicted octanol–water partition coefficient (Wildman–Crippen LogP) is -0.213. The number of nitrogens with one attached hydrogen (secondary N) is 1. The van der Waals surface area contributed by atoms with Crippen LogP contribution in [0.4, 0.5) is 0 Å². The Kier molecular flexibility index (Phi) is 6.07. The third-order valence-electron chi connectivity index (χ3n) is 5.73. The molecule has 9 nitrogen and oxygen atoms in total. The van der Waals surface area contributed by atoms with E-state index in [9.17, 15) is 27.6 Å².